The van der Waals surface area contributed by atoms with Crippen molar-refractivity contribution in [1.29, 1.82) is 0 Å². The van der Waals surface area contributed by atoms with Gasteiger partial charge in [-0.15, -0.1) is 0 Å². The van der Waals surface area contributed by atoms with Crippen LogP contribution < -0.4 is 10.9 Å². The Balaban J connectivity index is 2.02. The summed E-state index contributed by atoms with van der Waals surface area (Å²) in [5.41, 5.74) is 0.490. The first-order chi connectivity index (χ1) is 9.10. The van der Waals surface area contributed by atoms with Gasteiger partial charge in [0.25, 0.3) is 5.56 Å². The lowest BCUT2D eigenvalue weighted by Gasteiger charge is -2.27. The molecule has 104 valence electrons. The third-order valence-corrected chi connectivity index (χ3v) is 3.53. The number of aromatic nitrogens is 2. The van der Waals surface area contributed by atoms with Crippen molar-refractivity contribution in [3.63, 3.8) is 0 Å². The van der Waals surface area contributed by atoms with Gasteiger partial charge in [0.15, 0.2) is 0 Å². The Morgan fingerprint density at radius 3 is 2.84 bits per heavy atom. The molecule has 1 aliphatic rings. The average molecular weight is 264 g/mol. The van der Waals surface area contributed by atoms with Gasteiger partial charge >= 0.3 is 0 Å². The molecule has 1 N–H and O–H groups in total. The molecular formula is C13H20N4O2. The van der Waals surface area contributed by atoms with Crippen molar-refractivity contribution in [3.8, 4) is 0 Å². The standard InChI is InChI=1S/C13H20N4O2/c1-3-16(2)13(19)9-17-12(18)7-11(8-14-17)15-10-5-4-6-10/h7-8,10,15H,3-6,9H2,1-2H3. The van der Waals surface area contributed by atoms with E-state index in [-0.39, 0.29) is 18.0 Å². The zero-order valence-corrected chi connectivity index (χ0v) is 11.4. The molecule has 0 bridgehead atoms. The summed E-state index contributed by atoms with van der Waals surface area (Å²) in [6.07, 6.45) is 5.13. The molecule has 19 heavy (non-hydrogen) atoms. The van der Waals surface area contributed by atoms with Gasteiger partial charge in [-0.05, 0) is 26.2 Å². The van der Waals surface area contributed by atoms with E-state index in [1.54, 1.807) is 18.1 Å². The lowest BCUT2D eigenvalue weighted by atomic mass is 9.93. The van der Waals surface area contributed by atoms with E-state index in [2.05, 4.69) is 10.4 Å². The summed E-state index contributed by atoms with van der Waals surface area (Å²) < 4.78 is 1.19. The minimum atomic E-state index is -0.248. The first kappa shape index (κ1) is 13.6. The molecule has 1 fully saturated rings. The second-order valence-corrected chi connectivity index (χ2v) is 4.92. The maximum Gasteiger partial charge on any atom is 0.269 e. The van der Waals surface area contributed by atoms with Crippen molar-refractivity contribution in [2.75, 3.05) is 18.9 Å². The molecule has 1 heterocycles. The summed E-state index contributed by atoms with van der Waals surface area (Å²) in [6.45, 7) is 2.50. The molecule has 1 amide bonds. The van der Waals surface area contributed by atoms with Gasteiger partial charge in [-0.1, -0.05) is 0 Å². The van der Waals surface area contributed by atoms with E-state index in [9.17, 15) is 9.59 Å². The summed E-state index contributed by atoms with van der Waals surface area (Å²) in [6, 6.07) is 1.97. The Labute approximate surface area is 112 Å². The highest BCUT2D eigenvalue weighted by Gasteiger charge is 2.17. The molecule has 2 rings (SSSR count). The van der Waals surface area contributed by atoms with Crippen LogP contribution >= 0.6 is 0 Å². The molecule has 1 aliphatic carbocycles. The average Bonchev–Trinajstić information content (AvgIpc) is 2.35. The highest BCUT2D eigenvalue weighted by molar-refractivity contribution is 5.75. The second kappa shape index (κ2) is 5.86. The predicted molar refractivity (Wildman–Crippen MR) is 73.1 cm³/mol. The second-order valence-electron chi connectivity index (χ2n) is 4.92. The maximum atomic E-state index is 11.9. The fourth-order valence-electron chi connectivity index (χ4n) is 1.84. The van der Waals surface area contributed by atoms with Crippen molar-refractivity contribution >= 4 is 11.6 Å². The summed E-state index contributed by atoms with van der Waals surface area (Å²) in [4.78, 5) is 25.2. The van der Waals surface area contributed by atoms with Crippen molar-refractivity contribution < 1.29 is 4.79 Å². The highest BCUT2D eigenvalue weighted by atomic mass is 16.2. The van der Waals surface area contributed by atoms with E-state index in [0.717, 1.165) is 18.5 Å². The SMILES string of the molecule is CCN(C)C(=O)Cn1ncc(NC2CCC2)cc1=O. The number of hydrogen-bond acceptors (Lipinski definition) is 4. The number of likely N-dealkylation sites (N-methyl/N-ethyl adjacent to an activating group) is 1. The third kappa shape index (κ3) is 3.33. The topological polar surface area (TPSA) is 67.2 Å². The predicted octanol–water partition coefficient (Wildman–Crippen LogP) is 0.686. The minimum Gasteiger partial charge on any atom is -0.381 e. The Morgan fingerprint density at radius 2 is 2.32 bits per heavy atom. The van der Waals surface area contributed by atoms with Gasteiger partial charge in [-0.3, -0.25) is 9.59 Å². The van der Waals surface area contributed by atoms with Crippen LogP contribution in [0.15, 0.2) is 17.1 Å². The molecule has 1 aromatic heterocycles. The summed E-state index contributed by atoms with van der Waals surface area (Å²) >= 11 is 0. The molecule has 0 saturated heterocycles. The first-order valence-corrected chi connectivity index (χ1v) is 6.68. The Kier molecular flexibility index (Phi) is 4.19. The van der Waals surface area contributed by atoms with Crippen molar-refractivity contribution in [2.45, 2.75) is 38.8 Å². The number of nitrogens with one attached hydrogen (secondary N) is 1. The van der Waals surface area contributed by atoms with Gasteiger partial charge < -0.3 is 10.2 Å². The number of carbonyl (C=O) groups is 1. The molecule has 0 aliphatic heterocycles. The quantitative estimate of drug-likeness (QED) is 0.849. The van der Waals surface area contributed by atoms with E-state index in [1.807, 2.05) is 6.92 Å². The summed E-state index contributed by atoms with van der Waals surface area (Å²) in [5.74, 6) is -0.114. The largest absolute Gasteiger partial charge is 0.381 e. The van der Waals surface area contributed by atoms with Crippen molar-refractivity contribution in [2.24, 2.45) is 0 Å². The maximum absolute atomic E-state index is 11.9. The summed E-state index contributed by atoms with van der Waals surface area (Å²) in [5, 5.41) is 7.30. The molecule has 1 saturated carbocycles. The monoisotopic (exact) mass is 264 g/mol. The van der Waals surface area contributed by atoms with E-state index < -0.39 is 0 Å². The fourth-order valence-corrected chi connectivity index (χ4v) is 1.84. The van der Waals surface area contributed by atoms with Gasteiger partial charge in [0.2, 0.25) is 5.91 Å². The van der Waals surface area contributed by atoms with Crippen LogP contribution in [0.2, 0.25) is 0 Å². The Morgan fingerprint density at radius 1 is 1.58 bits per heavy atom. The molecule has 0 aromatic carbocycles. The van der Waals surface area contributed by atoms with Gasteiger partial charge in [-0.25, -0.2) is 4.68 Å². The zero-order chi connectivity index (χ0) is 13.8. The van der Waals surface area contributed by atoms with E-state index >= 15 is 0 Å². The van der Waals surface area contributed by atoms with Crippen LogP contribution in [-0.4, -0.2) is 40.2 Å². The molecule has 0 atom stereocenters. The number of nitrogens with zero attached hydrogens (tertiary/aromatic N) is 3. The molecule has 1 aromatic rings. The van der Waals surface area contributed by atoms with Gasteiger partial charge in [0.05, 0.1) is 11.9 Å². The van der Waals surface area contributed by atoms with Crippen LogP contribution in [0.5, 0.6) is 0 Å². The van der Waals surface area contributed by atoms with Crippen LogP contribution in [0.25, 0.3) is 0 Å². The van der Waals surface area contributed by atoms with E-state index in [1.165, 1.54) is 17.2 Å². The van der Waals surface area contributed by atoms with Crippen molar-refractivity contribution in [1.82, 2.24) is 14.7 Å². The van der Waals surface area contributed by atoms with E-state index in [0.29, 0.717) is 12.6 Å². The molecular weight excluding hydrogens is 244 g/mol. The van der Waals surface area contributed by atoms with Gasteiger partial charge in [0.1, 0.15) is 6.54 Å². The summed E-state index contributed by atoms with van der Waals surface area (Å²) in [7, 11) is 1.71. The molecule has 0 unspecified atom stereocenters. The van der Waals surface area contributed by atoms with Gasteiger partial charge in [0, 0.05) is 25.7 Å². The zero-order valence-electron chi connectivity index (χ0n) is 11.4. The van der Waals surface area contributed by atoms with Gasteiger partial charge in [-0.2, -0.15) is 5.10 Å². The number of rotatable bonds is 5. The third-order valence-electron chi connectivity index (χ3n) is 3.53. The van der Waals surface area contributed by atoms with Crippen LogP contribution in [0.4, 0.5) is 5.69 Å². The lowest BCUT2D eigenvalue weighted by molar-refractivity contribution is -0.130. The molecule has 6 heteroatoms. The fraction of sp³-hybridized carbons (Fsp3) is 0.615. The first-order valence-electron chi connectivity index (χ1n) is 6.68. The molecule has 0 radical (unpaired) electrons. The molecule has 0 spiro atoms. The number of anilines is 1. The highest BCUT2D eigenvalue weighted by Crippen LogP contribution is 2.21. The number of hydrogen-bond donors (Lipinski definition) is 1. The van der Waals surface area contributed by atoms with Crippen LogP contribution in [0.1, 0.15) is 26.2 Å². The number of amides is 1. The minimum absolute atomic E-state index is 0.00706. The van der Waals surface area contributed by atoms with Crippen LogP contribution in [0.3, 0.4) is 0 Å². The number of carbonyl (C=O) groups excluding carboxylic acids is 1. The lowest BCUT2D eigenvalue weighted by Crippen LogP contribution is -2.35. The Bertz CT molecular complexity index is 508. The Hall–Kier alpha value is -1.85. The van der Waals surface area contributed by atoms with Crippen LogP contribution in [-0.2, 0) is 11.3 Å². The normalized spacial score (nSPS) is 14.8. The molecule has 6 nitrogen and oxygen atoms in total. The van der Waals surface area contributed by atoms with Crippen LogP contribution in [0, 0.1) is 0 Å². The van der Waals surface area contributed by atoms with Crippen molar-refractivity contribution in [3.05, 3.63) is 22.6 Å². The van der Waals surface area contributed by atoms with E-state index in [4.69, 9.17) is 0 Å². The smallest absolute Gasteiger partial charge is 0.269 e.